The van der Waals surface area contributed by atoms with Crippen molar-refractivity contribution in [3.05, 3.63) is 64.5 Å². The maximum absolute atomic E-state index is 13.3. The van der Waals surface area contributed by atoms with Gasteiger partial charge in [-0.2, -0.15) is 0 Å². The van der Waals surface area contributed by atoms with Gasteiger partial charge in [0, 0.05) is 30.6 Å². The van der Waals surface area contributed by atoms with Gasteiger partial charge < -0.3 is 16.0 Å². The molecular formula is C29H40N6O2. The number of amides is 2. The zero-order chi connectivity index (χ0) is 27.3. The quantitative estimate of drug-likeness (QED) is 0.408. The summed E-state index contributed by atoms with van der Waals surface area (Å²) in [5.41, 5.74) is 10.4. The molecule has 37 heavy (non-hydrogen) atoms. The Morgan fingerprint density at radius 1 is 1.03 bits per heavy atom. The maximum Gasteiger partial charge on any atom is 0.254 e. The highest BCUT2D eigenvalue weighted by atomic mass is 16.2. The van der Waals surface area contributed by atoms with Crippen LogP contribution < -0.4 is 11.1 Å². The van der Waals surface area contributed by atoms with Crippen molar-refractivity contribution in [1.82, 2.24) is 19.8 Å². The highest BCUT2D eigenvalue weighted by Gasteiger charge is 2.22. The second-order valence-corrected chi connectivity index (χ2v) is 10.2. The van der Waals surface area contributed by atoms with Crippen LogP contribution in [0.15, 0.2) is 36.4 Å². The molecule has 0 saturated carbocycles. The van der Waals surface area contributed by atoms with Crippen LogP contribution in [0.25, 0.3) is 10.9 Å². The van der Waals surface area contributed by atoms with E-state index in [9.17, 15) is 9.59 Å². The van der Waals surface area contributed by atoms with Gasteiger partial charge in [0.2, 0.25) is 5.91 Å². The minimum Gasteiger partial charge on any atom is -0.368 e. The van der Waals surface area contributed by atoms with Crippen molar-refractivity contribution in [1.29, 1.82) is 0 Å². The van der Waals surface area contributed by atoms with Crippen molar-refractivity contribution in [3.8, 4) is 0 Å². The number of nitrogens with two attached hydrogens (primary N) is 1. The standard InChI is InChI=1S/C29H40N6O2/c1-8-35(29(37)25-20(5)15-19(4)16-21(25)6)14-13-34(7)17-24-31-23-12-10-9-11-22(23)28(32-24)33-26(18(2)3)27(30)36/h9-12,15-16,18,26H,8,13-14,17H2,1-7H3,(H2,30,36)(H,31,32,33)/t26-/m0/s1. The molecule has 0 aliphatic heterocycles. The average Bonchev–Trinajstić information content (AvgIpc) is 2.81. The lowest BCUT2D eigenvalue weighted by Crippen LogP contribution is -2.40. The number of fused-ring (bicyclic) bond motifs is 1. The van der Waals surface area contributed by atoms with E-state index >= 15 is 0 Å². The van der Waals surface area contributed by atoms with E-state index in [0.717, 1.165) is 33.2 Å². The van der Waals surface area contributed by atoms with Crippen LogP contribution in [0, 0.1) is 26.7 Å². The number of hydrogen-bond donors (Lipinski definition) is 2. The number of aryl methyl sites for hydroxylation is 3. The summed E-state index contributed by atoms with van der Waals surface area (Å²) in [7, 11) is 1.99. The lowest BCUT2D eigenvalue weighted by Gasteiger charge is -2.26. The molecule has 1 aromatic heterocycles. The molecule has 198 valence electrons. The predicted molar refractivity (Wildman–Crippen MR) is 150 cm³/mol. The van der Waals surface area contributed by atoms with E-state index in [-0.39, 0.29) is 11.8 Å². The minimum atomic E-state index is -0.540. The number of benzene rings is 2. The van der Waals surface area contributed by atoms with Gasteiger partial charge in [0.15, 0.2) is 0 Å². The normalized spacial score (nSPS) is 12.2. The number of carbonyl (C=O) groups excluding carboxylic acids is 2. The zero-order valence-electron chi connectivity index (χ0n) is 23.1. The van der Waals surface area contributed by atoms with Gasteiger partial charge >= 0.3 is 0 Å². The van der Waals surface area contributed by atoms with E-state index in [4.69, 9.17) is 15.7 Å². The number of carbonyl (C=O) groups is 2. The molecular weight excluding hydrogens is 464 g/mol. The number of para-hydroxylation sites is 1. The van der Waals surface area contributed by atoms with E-state index in [2.05, 4.69) is 22.3 Å². The van der Waals surface area contributed by atoms with Gasteiger partial charge in [0.25, 0.3) is 5.91 Å². The first kappa shape index (κ1) is 28.1. The van der Waals surface area contributed by atoms with E-state index < -0.39 is 11.9 Å². The molecule has 0 unspecified atom stereocenters. The molecule has 3 rings (SSSR count). The largest absolute Gasteiger partial charge is 0.368 e. The number of rotatable bonds is 11. The van der Waals surface area contributed by atoms with Crippen LogP contribution in [0.3, 0.4) is 0 Å². The molecule has 1 atom stereocenters. The molecule has 8 heteroatoms. The molecule has 0 bridgehead atoms. The number of primary amides is 1. The number of nitrogens with one attached hydrogen (secondary N) is 1. The Morgan fingerprint density at radius 3 is 2.27 bits per heavy atom. The monoisotopic (exact) mass is 504 g/mol. The zero-order valence-corrected chi connectivity index (χ0v) is 23.1. The highest BCUT2D eigenvalue weighted by Crippen LogP contribution is 2.23. The lowest BCUT2D eigenvalue weighted by molar-refractivity contribution is -0.119. The molecule has 0 spiro atoms. The summed E-state index contributed by atoms with van der Waals surface area (Å²) < 4.78 is 0. The molecule has 3 aromatic rings. The molecule has 3 N–H and O–H groups in total. The van der Waals surface area contributed by atoms with Gasteiger partial charge in [-0.05, 0) is 63.9 Å². The maximum atomic E-state index is 13.3. The highest BCUT2D eigenvalue weighted by molar-refractivity contribution is 5.97. The van der Waals surface area contributed by atoms with E-state index in [1.54, 1.807) is 0 Å². The number of nitrogens with zero attached hydrogens (tertiary/aromatic N) is 4. The third kappa shape index (κ3) is 6.83. The topological polar surface area (TPSA) is 104 Å². The SMILES string of the molecule is CCN(CCN(C)Cc1nc(N[C@H](C(N)=O)C(C)C)c2ccccc2n1)C(=O)c1c(C)cc(C)cc1C. The smallest absolute Gasteiger partial charge is 0.254 e. The minimum absolute atomic E-state index is 0.00992. The second-order valence-electron chi connectivity index (χ2n) is 10.2. The molecule has 0 aliphatic carbocycles. The Labute approximate surface area is 220 Å². The van der Waals surface area contributed by atoms with E-state index in [1.165, 1.54) is 0 Å². The number of likely N-dealkylation sites (N-methyl/N-ethyl adjacent to an activating group) is 2. The summed E-state index contributed by atoms with van der Waals surface area (Å²) in [5, 5.41) is 4.08. The number of anilines is 1. The lowest BCUT2D eigenvalue weighted by atomic mass is 9.98. The van der Waals surface area contributed by atoms with Crippen LogP contribution in [0.1, 0.15) is 53.6 Å². The van der Waals surface area contributed by atoms with Gasteiger partial charge in [0.05, 0.1) is 12.1 Å². The molecule has 2 amide bonds. The predicted octanol–water partition coefficient (Wildman–Crippen LogP) is 4.07. The summed E-state index contributed by atoms with van der Waals surface area (Å²) in [4.78, 5) is 38.8. The first-order chi connectivity index (χ1) is 17.5. The van der Waals surface area contributed by atoms with Gasteiger partial charge in [-0.3, -0.25) is 14.5 Å². The second kappa shape index (κ2) is 12.1. The van der Waals surface area contributed by atoms with Crippen LogP contribution in [-0.4, -0.2) is 64.3 Å². The van der Waals surface area contributed by atoms with E-state index in [0.29, 0.717) is 37.8 Å². The fourth-order valence-corrected chi connectivity index (χ4v) is 4.71. The first-order valence-electron chi connectivity index (χ1n) is 12.9. The molecule has 0 aliphatic rings. The molecule has 0 saturated heterocycles. The van der Waals surface area contributed by atoms with Gasteiger partial charge in [0.1, 0.15) is 17.7 Å². The van der Waals surface area contributed by atoms with Crippen molar-refractivity contribution in [3.63, 3.8) is 0 Å². The van der Waals surface area contributed by atoms with Crippen molar-refractivity contribution in [2.75, 3.05) is 32.0 Å². The first-order valence-corrected chi connectivity index (χ1v) is 12.9. The van der Waals surface area contributed by atoms with Gasteiger partial charge in [-0.25, -0.2) is 9.97 Å². The summed E-state index contributed by atoms with van der Waals surface area (Å²) in [6.45, 7) is 14.3. The third-order valence-electron chi connectivity index (χ3n) is 6.64. The molecule has 0 fully saturated rings. The van der Waals surface area contributed by atoms with Crippen molar-refractivity contribution in [2.24, 2.45) is 11.7 Å². The van der Waals surface area contributed by atoms with Crippen LogP contribution >= 0.6 is 0 Å². The Kier molecular flexibility index (Phi) is 9.21. The van der Waals surface area contributed by atoms with Crippen molar-refractivity contribution >= 4 is 28.5 Å². The molecule has 0 radical (unpaired) electrons. The molecule has 2 aromatic carbocycles. The van der Waals surface area contributed by atoms with Crippen LogP contribution in [0.4, 0.5) is 5.82 Å². The van der Waals surface area contributed by atoms with Crippen molar-refractivity contribution in [2.45, 2.75) is 54.1 Å². The average molecular weight is 505 g/mol. The van der Waals surface area contributed by atoms with Crippen molar-refractivity contribution < 1.29 is 9.59 Å². The van der Waals surface area contributed by atoms with Gasteiger partial charge in [-0.15, -0.1) is 0 Å². The van der Waals surface area contributed by atoms with Crippen LogP contribution in [0.5, 0.6) is 0 Å². The Morgan fingerprint density at radius 2 is 1.68 bits per heavy atom. The molecule has 8 nitrogen and oxygen atoms in total. The fourth-order valence-electron chi connectivity index (χ4n) is 4.71. The summed E-state index contributed by atoms with van der Waals surface area (Å²) >= 11 is 0. The Hall–Kier alpha value is -3.52. The fraction of sp³-hybridized carbons (Fsp3) is 0.448. The van der Waals surface area contributed by atoms with Crippen LogP contribution in [0.2, 0.25) is 0 Å². The summed E-state index contributed by atoms with van der Waals surface area (Å²) in [6, 6.07) is 11.3. The third-order valence-corrected chi connectivity index (χ3v) is 6.64. The van der Waals surface area contributed by atoms with Crippen LogP contribution in [-0.2, 0) is 11.3 Å². The summed E-state index contributed by atoms with van der Waals surface area (Å²) in [6.07, 6.45) is 0. The van der Waals surface area contributed by atoms with E-state index in [1.807, 2.05) is 77.8 Å². The Balaban J connectivity index is 1.76. The molecule has 1 heterocycles. The Bertz CT molecular complexity index is 1250. The summed E-state index contributed by atoms with van der Waals surface area (Å²) in [5.74, 6) is 0.887. The number of aromatic nitrogens is 2. The van der Waals surface area contributed by atoms with Gasteiger partial charge in [-0.1, -0.05) is 43.7 Å². The number of hydrogen-bond acceptors (Lipinski definition) is 6.